The first-order valence-electron chi connectivity index (χ1n) is 9.28. The van der Waals surface area contributed by atoms with Gasteiger partial charge in [0, 0.05) is 19.5 Å². The Balaban J connectivity index is 1.74. The van der Waals surface area contributed by atoms with Crippen molar-refractivity contribution in [2.75, 3.05) is 6.54 Å². The molecule has 1 aromatic heterocycles. The molecule has 150 valence electrons. The number of nitrogens with one attached hydrogen (secondary N) is 1. The summed E-state index contributed by atoms with van der Waals surface area (Å²) < 4.78 is 2.13. The Kier molecular flexibility index (Phi) is 6.23. The number of nitrogens with two attached hydrogens (primary N) is 1. The van der Waals surface area contributed by atoms with Gasteiger partial charge in [-0.3, -0.25) is 23.5 Å². The van der Waals surface area contributed by atoms with Crippen molar-refractivity contribution in [2.45, 2.75) is 25.9 Å². The SMILES string of the molecule is NC(=O)Cn1c(=O)n(CCC(=O)NCCc2ccccc2)c(=O)c2ccccc21. The van der Waals surface area contributed by atoms with Gasteiger partial charge in [0.25, 0.3) is 5.56 Å². The Bertz CT molecular complexity index is 1150. The van der Waals surface area contributed by atoms with Gasteiger partial charge >= 0.3 is 5.69 Å². The highest BCUT2D eigenvalue weighted by atomic mass is 16.2. The molecule has 0 unspecified atom stereocenters. The van der Waals surface area contributed by atoms with E-state index in [-0.39, 0.29) is 30.8 Å². The number of amides is 2. The molecule has 8 nitrogen and oxygen atoms in total. The minimum Gasteiger partial charge on any atom is -0.368 e. The van der Waals surface area contributed by atoms with Crippen LogP contribution >= 0.6 is 0 Å². The van der Waals surface area contributed by atoms with E-state index in [0.29, 0.717) is 18.5 Å². The fraction of sp³-hybridized carbons (Fsp3) is 0.238. The molecule has 0 saturated carbocycles. The van der Waals surface area contributed by atoms with Gasteiger partial charge in [-0.25, -0.2) is 4.79 Å². The van der Waals surface area contributed by atoms with Crippen molar-refractivity contribution in [1.82, 2.24) is 14.5 Å². The third-order valence-corrected chi connectivity index (χ3v) is 4.59. The number of nitrogens with zero attached hydrogens (tertiary/aromatic N) is 2. The van der Waals surface area contributed by atoms with Crippen LogP contribution in [0.5, 0.6) is 0 Å². The summed E-state index contributed by atoms with van der Waals surface area (Å²) in [5.74, 6) is -0.956. The second kappa shape index (κ2) is 9.01. The lowest BCUT2D eigenvalue weighted by Gasteiger charge is -2.13. The number of hydrogen-bond acceptors (Lipinski definition) is 4. The lowest BCUT2D eigenvalue weighted by Crippen LogP contribution is -2.42. The maximum Gasteiger partial charge on any atom is 0.331 e. The molecule has 1 heterocycles. The number of fused-ring (bicyclic) bond motifs is 1. The molecule has 0 bridgehead atoms. The molecular formula is C21H22N4O4. The number of carbonyl (C=O) groups is 2. The number of carbonyl (C=O) groups excluding carboxylic acids is 2. The van der Waals surface area contributed by atoms with Crippen molar-refractivity contribution in [1.29, 1.82) is 0 Å². The summed E-state index contributed by atoms with van der Waals surface area (Å²) in [6, 6.07) is 16.2. The number of hydrogen-bond donors (Lipinski definition) is 2. The molecular weight excluding hydrogens is 372 g/mol. The van der Waals surface area contributed by atoms with Crippen LogP contribution in [0.15, 0.2) is 64.2 Å². The lowest BCUT2D eigenvalue weighted by atomic mass is 10.1. The van der Waals surface area contributed by atoms with E-state index >= 15 is 0 Å². The predicted molar refractivity (Wildman–Crippen MR) is 109 cm³/mol. The third-order valence-electron chi connectivity index (χ3n) is 4.59. The molecule has 29 heavy (non-hydrogen) atoms. The molecule has 0 atom stereocenters. The fourth-order valence-electron chi connectivity index (χ4n) is 3.17. The molecule has 0 fully saturated rings. The van der Waals surface area contributed by atoms with Crippen LogP contribution in [0.1, 0.15) is 12.0 Å². The normalized spacial score (nSPS) is 10.8. The van der Waals surface area contributed by atoms with E-state index < -0.39 is 17.2 Å². The third kappa shape index (κ3) is 4.78. The zero-order valence-electron chi connectivity index (χ0n) is 15.8. The van der Waals surface area contributed by atoms with Crippen LogP contribution in [0.25, 0.3) is 10.9 Å². The molecule has 0 aliphatic carbocycles. The van der Waals surface area contributed by atoms with E-state index in [2.05, 4.69) is 5.32 Å². The summed E-state index contributed by atoms with van der Waals surface area (Å²) in [5, 5.41) is 3.08. The van der Waals surface area contributed by atoms with Gasteiger partial charge < -0.3 is 11.1 Å². The minimum absolute atomic E-state index is 0.0289. The monoisotopic (exact) mass is 394 g/mol. The Morgan fingerprint density at radius 3 is 2.34 bits per heavy atom. The molecule has 0 saturated heterocycles. The van der Waals surface area contributed by atoms with E-state index in [1.54, 1.807) is 24.3 Å². The van der Waals surface area contributed by atoms with Crippen LogP contribution in [0.3, 0.4) is 0 Å². The molecule has 0 aliphatic rings. The van der Waals surface area contributed by atoms with Crippen LogP contribution in [0.4, 0.5) is 0 Å². The van der Waals surface area contributed by atoms with E-state index in [1.165, 1.54) is 0 Å². The Labute approximate surface area is 166 Å². The van der Waals surface area contributed by atoms with Crippen LogP contribution in [0.2, 0.25) is 0 Å². The first kappa shape index (κ1) is 20.1. The van der Waals surface area contributed by atoms with Crippen molar-refractivity contribution >= 4 is 22.7 Å². The summed E-state index contributed by atoms with van der Waals surface area (Å²) in [6.45, 7) is 0.0305. The number of para-hydroxylation sites is 1. The summed E-state index contributed by atoms with van der Waals surface area (Å²) in [7, 11) is 0. The molecule has 8 heteroatoms. The van der Waals surface area contributed by atoms with Gasteiger partial charge in [0.15, 0.2) is 0 Å². The van der Waals surface area contributed by atoms with Gasteiger partial charge in [-0.1, -0.05) is 42.5 Å². The maximum absolute atomic E-state index is 12.7. The van der Waals surface area contributed by atoms with Gasteiger partial charge in [0.1, 0.15) is 6.54 Å². The van der Waals surface area contributed by atoms with Gasteiger partial charge in [0.2, 0.25) is 11.8 Å². The maximum atomic E-state index is 12.7. The number of benzene rings is 2. The average molecular weight is 394 g/mol. The summed E-state index contributed by atoms with van der Waals surface area (Å²) in [5.41, 5.74) is 5.53. The second-order valence-electron chi connectivity index (χ2n) is 6.64. The number of aromatic nitrogens is 2. The zero-order chi connectivity index (χ0) is 20.8. The Morgan fingerprint density at radius 2 is 1.62 bits per heavy atom. The quantitative estimate of drug-likeness (QED) is 0.575. The van der Waals surface area contributed by atoms with E-state index in [9.17, 15) is 19.2 Å². The smallest absolute Gasteiger partial charge is 0.331 e. The number of primary amides is 1. The van der Waals surface area contributed by atoms with Crippen LogP contribution in [-0.2, 0) is 29.1 Å². The highest BCUT2D eigenvalue weighted by molar-refractivity contribution is 5.81. The molecule has 3 N–H and O–H groups in total. The molecule has 3 aromatic rings. The van der Waals surface area contributed by atoms with Gasteiger partial charge in [-0.2, -0.15) is 0 Å². The largest absolute Gasteiger partial charge is 0.368 e. The second-order valence-corrected chi connectivity index (χ2v) is 6.64. The Morgan fingerprint density at radius 1 is 0.931 bits per heavy atom. The first-order valence-corrected chi connectivity index (χ1v) is 9.28. The molecule has 0 spiro atoms. The van der Waals surface area contributed by atoms with Gasteiger partial charge in [-0.05, 0) is 24.1 Å². The van der Waals surface area contributed by atoms with E-state index in [0.717, 1.165) is 14.7 Å². The summed E-state index contributed by atoms with van der Waals surface area (Å²) >= 11 is 0. The topological polar surface area (TPSA) is 116 Å². The van der Waals surface area contributed by atoms with Crippen molar-refractivity contribution in [3.8, 4) is 0 Å². The highest BCUT2D eigenvalue weighted by Gasteiger charge is 2.15. The highest BCUT2D eigenvalue weighted by Crippen LogP contribution is 2.07. The van der Waals surface area contributed by atoms with E-state index in [4.69, 9.17) is 5.73 Å². The molecule has 0 aliphatic heterocycles. The van der Waals surface area contributed by atoms with Gasteiger partial charge in [0.05, 0.1) is 10.9 Å². The molecule has 2 aromatic carbocycles. The van der Waals surface area contributed by atoms with Gasteiger partial charge in [-0.15, -0.1) is 0 Å². The molecule has 0 radical (unpaired) electrons. The van der Waals surface area contributed by atoms with Crippen LogP contribution < -0.4 is 22.3 Å². The van der Waals surface area contributed by atoms with E-state index in [1.807, 2.05) is 30.3 Å². The minimum atomic E-state index is -0.693. The summed E-state index contributed by atoms with van der Waals surface area (Å²) in [6.07, 6.45) is 0.659. The molecule has 2 amide bonds. The average Bonchev–Trinajstić information content (AvgIpc) is 2.71. The van der Waals surface area contributed by atoms with Crippen LogP contribution in [0, 0.1) is 0 Å². The fourth-order valence-corrected chi connectivity index (χ4v) is 3.17. The lowest BCUT2D eigenvalue weighted by molar-refractivity contribution is -0.121. The van der Waals surface area contributed by atoms with Crippen molar-refractivity contribution in [3.63, 3.8) is 0 Å². The first-order chi connectivity index (χ1) is 14.0. The standard InChI is InChI=1S/C21H22N4O4/c22-18(26)14-25-17-9-5-4-8-16(17)20(28)24(21(25)29)13-11-19(27)23-12-10-15-6-2-1-3-7-15/h1-9H,10-14H2,(H2,22,26)(H,23,27). The predicted octanol–water partition coefficient (Wildman–Crippen LogP) is 0.398. The zero-order valence-corrected chi connectivity index (χ0v) is 15.8. The number of rotatable bonds is 8. The van der Waals surface area contributed by atoms with Crippen LogP contribution in [-0.4, -0.2) is 27.5 Å². The molecule has 3 rings (SSSR count). The van der Waals surface area contributed by atoms with Crippen molar-refractivity contribution in [2.24, 2.45) is 5.73 Å². The van der Waals surface area contributed by atoms with Crippen molar-refractivity contribution in [3.05, 3.63) is 81.0 Å². The summed E-state index contributed by atoms with van der Waals surface area (Å²) in [4.78, 5) is 49.0. The Hall–Kier alpha value is -3.68. The van der Waals surface area contributed by atoms with Crippen molar-refractivity contribution < 1.29 is 9.59 Å².